The number of hydrogen-bond acceptors (Lipinski definition) is 8. The number of likely N-dealkylation sites (tertiary alicyclic amines) is 1. The van der Waals surface area contributed by atoms with Gasteiger partial charge in [-0.25, -0.2) is 0 Å². The molecule has 6 aromatic rings. The SMILES string of the molecule is Cc1cc(Nc2nc3cc(Oc4ccnc5cc(-c6ccc(CN7CCCC7=O)cn6)sc45)ccc3o2)ccc1Cl. The third-order valence-corrected chi connectivity index (χ3v) is 8.58. The molecule has 10 heteroatoms. The number of hydrogen-bond donors (Lipinski definition) is 1. The Morgan fingerprint density at radius 1 is 1.07 bits per heavy atom. The molecule has 0 radical (unpaired) electrons. The number of carbonyl (C=O) groups is 1. The summed E-state index contributed by atoms with van der Waals surface area (Å²) in [6, 6.07) is 19.5. The lowest BCUT2D eigenvalue weighted by molar-refractivity contribution is -0.128. The quantitative estimate of drug-likeness (QED) is 0.203. The van der Waals surface area contributed by atoms with Crippen LogP contribution < -0.4 is 10.1 Å². The van der Waals surface area contributed by atoms with Crippen LogP contribution in [0.25, 0.3) is 31.9 Å². The number of pyridine rings is 2. The third kappa shape index (κ3) is 5.21. The Morgan fingerprint density at radius 2 is 2.00 bits per heavy atom. The van der Waals surface area contributed by atoms with E-state index in [-0.39, 0.29) is 5.91 Å². The Hall–Kier alpha value is -4.47. The first-order chi connectivity index (χ1) is 20.0. The van der Waals surface area contributed by atoms with E-state index in [0.29, 0.717) is 46.6 Å². The second kappa shape index (κ2) is 10.5. The normalized spacial score (nSPS) is 13.4. The standard InChI is InChI=1S/C31H24ClN5O3S/c1-18-13-20(5-7-22(18)32)35-31-36-24-14-21(6-9-26(24)40-31)39-27-10-11-33-25-15-28(41-30(25)27)23-8-4-19(16-34-23)17-37-12-2-3-29(37)38/h4-11,13-16H,2-3,12,17H2,1H3,(H,35,36). The molecule has 1 saturated heterocycles. The van der Waals surface area contributed by atoms with Gasteiger partial charge in [0.2, 0.25) is 5.91 Å². The van der Waals surface area contributed by atoms with Crippen molar-refractivity contribution in [2.75, 3.05) is 11.9 Å². The molecule has 1 amide bonds. The fourth-order valence-electron chi connectivity index (χ4n) is 4.87. The maximum atomic E-state index is 12.0. The van der Waals surface area contributed by atoms with Gasteiger partial charge in [-0.2, -0.15) is 4.98 Å². The van der Waals surface area contributed by atoms with Crippen LogP contribution >= 0.6 is 22.9 Å². The van der Waals surface area contributed by atoms with E-state index in [9.17, 15) is 4.79 Å². The number of aryl methyl sites for hydroxylation is 1. The van der Waals surface area contributed by atoms with Crippen molar-refractivity contribution in [3.8, 4) is 22.1 Å². The summed E-state index contributed by atoms with van der Waals surface area (Å²) in [7, 11) is 0. The van der Waals surface area contributed by atoms with Crippen LogP contribution in [0.2, 0.25) is 5.02 Å². The average Bonchev–Trinajstić information content (AvgIpc) is 3.70. The van der Waals surface area contributed by atoms with E-state index in [0.717, 1.165) is 50.6 Å². The Morgan fingerprint density at radius 3 is 2.80 bits per heavy atom. The van der Waals surface area contributed by atoms with Gasteiger partial charge in [-0.3, -0.25) is 14.8 Å². The number of nitrogens with one attached hydrogen (secondary N) is 1. The van der Waals surface area contributed by atoms with Gasteiger partial charge in [-0.15, -0.1) is 11.3 Å². The molecule has 1 aliphatic rings. The molecule has 5 heterocycles. The van der Waals surface area contributed by atoms with Gasteiger partial charge in [0.05, 0.1) is 20.8 Å². The highest BCUT2D eigenvalue weighted by molar-refractivity contribution is 7.22. The zero-order chi connectivity index (χ0) is 27.9. The first-order valence-electron chi connectivity index (χ1n) is 13.2. The lowest BCUT2D eigenvalue weighted by Gasteiger charge is -2.15. The molecule has 0 saturated carbocycles. The largest absolute Gasteiger partial charge is 0.456 e. The number of oxazole rings is 1. The lowest BCUT2D eigenvalue weighted by atomic mass is 10.2. The summed E-state index contributed by atoms with van der Waals surface area (Å²) >= 11 is 7.72. The van der Waals surface area contributed by atoms with Gasteiger partial charge >= 0.3 is 0 Å². The van der Waals surface area contributed by atoms with Crippen LogP contribution in [0.5, 0.6) is 11.5 Å². The van der Waals surface area contributed by atoms with Gasteiger partial charge in [0.25, 0.3) is 6.01 Å². The number of rotatable bonds is 7. The van der Waals surface area contributed by atoms with Crippen LogP contribution in [0.4, 0.5) is 11.7 Å². The molecular formula is C31H24ClN5O3S. The van der Waals surface area contributed by atoms with Gasteiger partial charge in [-0.05, 0) is 66.9 Å². The Balaban J connectivity index is 1.10. The monoisotopic (exact) mass is 581 g/mol. The smallest absolute Gasteiger partial charge is 0.300 e. The summed E-state index contributed by atoms with van der Waals surface area (Å²) in [5.74, 6) is 1.55. The van der Waals surface area contributed by atoms with E-state index in [1.807, 2.05) is 78.7 Å². The predicted molar refractivity (Wildman–Crippen MR) is 161 cm³/mol. The fraction of sp³-hybridized carbons (Fsp3) is 0.161. The molecule has 0 aliphatic carbocycles. The van der Waals surface area contributed by atoms with E-state index in [1.165, 1.54) is 0 Å². The van der Waals surface area contributed by atoms with Crippen LogP contribution in [0.15, 0.2) is 77.5 Å². The second-order valence-electron chi connectivity index (χ2n) is 9.94. The van der Waals surface area contributed by atoms with Crippen molar-refractivity contribution >= 4 is 61.9 Å². The number of aromatic nitrogens is 3. The maximum absolute atomic E-state index is 12.0. The molecule has 0 unspecified atom stereocenters. The number of nitrogens with zero attached hydrogens (tertiary/aromatic N) is 4. The molecule has 7 rings (SSSR count). The molecule has 0 bridgehead atoms. The van der Waals surface area contributed by atoms with Crippen molar-refractivity contribution in [2.45, 2.75) is 26.3 Å². The third-order valence-electron chi connectivity index (χ3n) is 6.99. The zero-order valence-electron chi connectivity index (χ0n) is 22.1. The summed E-state index contributed by atoms with van der Waals surface area (Å²) in [6.07, 6.45) is 5.15. The van der Waals surface area contributed by atoms with Crippen molar-refractivity contribution in [3.05, 3.63) is 89.2 Å². The van der Waals surface area contributed by atoms with Crippen molar-refractivity contribution in [2.24, 2.45) is 0 Å². The molecule has 0 atom stereocenters. The molecular weight excluding hydrogens is 558 g/mol. The Labute approximate surface area is 244 Å². The predicted octanol–water partition coefficient (Wildman–Crippen LogP) is 8.12. The minimum atomic E-state index is 0.213. The molecule has 41 heavy (non-hydrogen) atoms. The number of halogens is 1. The number of ether oxygens (including phenoxy) is 1. The number of fused-ring (bicyclic) bond motifs is 2. The van der Waals surface area contributed by atoms with Crippen molar-refractivity contribution < 1.29 is 13.9 Å². The number of thiophene rings is 1. The molecule has 1 aliphatic heterocycles. The van der Waals surface area contributed by atoms with Gasteiger partial charge in [0, 0.05) is 54.7 Å². The van der Waals surface area contributed by atoms with E-state index in [1.54, 1.807) is 17.5 Å². The van der Waals surface area contributed by atoms with Crippen molar-refractivity contribution in [3.63, 3.8) is 0 Å². The first-order valence-corrected chi connectivity index (χ1v) is 14.4. The highest BCUT2D eigenvalue weighted by atomic mass is 35.5. The molecule has 204 valence electrons. The highest BCUT2D eigenvalue weighted by Gasteiger charge is 2.20. The molecule has 2 aromatic carbocycles. The van der Waals surface area contributed by atoms with E-state index < -0.39 is 0 Å². The average molecular weight is 582 g/mol. The minimum absolute atomic E-state index is 0.213. The first kappa shape index (κ1) is 25.5. The van der Waals surface area contributed by atoms with E-state index in [2.05, 4.69) is 20.3 Å². The van der Waals surface area contributed by atoms with Crippen LogP contribution in [-0.2, 0) is 11.3 Å². The minimum Gasteiger partial charge on any atom is -0.456 e. The van der Waals surface area contributed by atoms with E-state index >= 15 is 0 Å². The summed E-state index contributed by atoms with van der Waals surface area (Å²) < 4.78 is 13.1. The Kier molecular flexibility index (Phi) is 6.53. The second-order valence-corrected chi connectivity index (χ2v) is 11.4. The fourth-order valence-corrected chi connectivity index (χ4v) is 6.03. The van der Waals surface area contributed by atoms with Crippen LogP contribution in [-0.4, -0.2) is 32.3 Å². The zero-order valence-corrected chi connectivity index (χ0v) is 23.6. The van der Waals surface area contributed by atoms with Crippen LogP contribution in [0.3, 0.4) is 0 Å². The molecule has 1 N–H and O–H groups in total. The Bertz CT molecular complexity index is 1920. The van der Waals surface area contributed by atoms with Gasteiger partial charge < -0.3 is 19.4 Å². The number of carbonyl (C=O) groups excluding carboxylic acids is 1. The lowest BCUT2D eigenvalue weighted by Crippen LogP contribution is -2.23. The van der Waals surface area contributed by atoms with Crippen molar-refractivity contribution in [1.82, 2.24) is 19.9 Å². The van der Waals surface area contributed by atoms with Gasteiger partial charge in [0.15, 0.2) is 5.58 Å². The topological polar surface area (TPSA) is 93.4 Å². The molecule has 4 aromatic heterocycles. The van der Waals surface area contributed by atoms with Gasteiger partial charge in [0.1, 0.15) is 17.0 Å². The summed E-state index contributed by atoms with van der Waals surface area (Å²) in [5.41, 5.74) is 5.84. The van der Waals surface area contributed by atoms with Crippen molar-refractivity contribution in [1.29, 1.82) is 0 Å². The van der Waals surface area contributed by atoms with Crippen LogP contribution in [0, 0.1) is 6.92 Å². The van der Waals surface area contributed by atoms with E-state index in [4.69, 9.17) is 20.8 Å². The molecule has 0 spiro atoms. The summed E-state index contributed by atoms with van der Waals surface area (Å²) in [6.45, 7) is 3.37. The number of anilines is 2. The van der Waals surface area contributed by atoms with Crippen LogP contribution in [0.1, 0.15) is 24.0 Å². The summed E-state index contributed by atoms with van der Waals surface area (Å²) in [5, 5.41) is 3.90. The maximum Gasteiger partial charge on any atom is 0.300 e. The number of benzene rings is 2. The molecule has 1 fully saturated rings. The highest BCUT2D eigenvalue weighted by Crippen LogP contribution is 2.39. The summed E-state index contributed by atoms with van der Waals surface area (Å²) in [4.78, 5) is 28.6. The molecule has 8 nitrogen and oxygen atoms in total. The number of amides is 1. The van der Waals surface area contributed by atoms with Gasteiger partial charge in [-0.1, -0.05) is 17.7 Å².